The van der Waals surface area contributed by atoms with Crippen molar-refractivity contribution in [3.05, 3.63) is 58.0 Å². The maximum atomic E-state index is 6.09. The summed E-state index contributed by atoms with van der Waals surface area (Å²) in [5.74, 6) is 0. The lowest BCUT2D eigenvalue weighted by Crippen LogP contribution is -2.13. The SMILES string of the molecule is NC(Cc1ccoc1)c1cccc(Cl)c1Cl. The van der Waals surface area contributed by atoms with Crippen molar-refractivity contribution < 1.29 is 4.42 Å². The number of nitrogens with two attached hydrogens (primary N) is 1. The fourth-order valence-electron chi connectivity index (χ4n) is 1.58. The Morgan fingerprint density at radius 3 is 2.75 bits per heavy atom. The zero-order valence-electron chi connectivity index (χ0n) is 8.49. The zero-order valence-corrected chi connectivity index (χ0v) is 10.0. The molecule has 0 amide bonds. The molecule has 2 rings (SSSR count). The normalized spacial score (nSPS) is 12.7. The van der Waals surface area contributed by atoms with E-state index in [4.69, 9.17) is 33.4 Å². The predicted octanol–water partition coefficient (Wildman–Crippen LogP) is 3.83. The van der Waals surface area contributed by atoms with Crippen LogP contribution in [0.25, 0.3) is 0 Å². The van der Waals surface area contributed by atoms with Gasteiger partial charge in [-0.3, -0.25) is 0 Å². The summed E-state index contributed by atoms with van der Waals surface area (Å²) >= 11 is 12.0. The Hall–Kier alpha value is -0.960. The summed E-state index contributed by atoms with van der Waals surface area (Å²) in [7, 11) is 0. The summed E-state index contributed by atoms with van der Waals surface area (Å²) in [6.45, 7) is 0. The van der Waals surface area contributed by atoms with Crippen molar-refractivity contribution in [2.75, 3.05) is 0 Å². The van der Waals surface area contributed by atoms with Gasteiger partial charge in [-0.05, 0) is 29.7 Å². The fourth-order valence-corrected chi connectivity index (χ4v) is 2.03. The average molecular weight is 256 g/mol. The largest absolute Gasteiger partial charge is 0.472 e. The molecule has 0 saturated heterocycles. The number of benzene rings is 1. The van der Waals surface area contributed by atoms with Crippen molar-refractivity contribution in [2.45, 2.75) is 12.5 Å². The molecule has 1 aromatic heterocycles. The number of rotatable bonds is 3. The Balaban J connectivity index is 2.21. The van der Waals surface area contributed by atoms with Crippen molar-refractivity contribution in [3.63, 3.8) is 0 Å². The molecule has 1 aromatic carbocycles. The van der Waals surface area contributed by atoms with Gasteiger partial charge in [-0.25, -0.2) is 0 Å². The van der Waals surface area contributed by atoms with Gasteiger partial charge in [-0.2, -0.15) is 0 Å². The Bertz CT molecular complexity index is 468. The molecule has 0 bridgehead atoms. The van der Waals surface area contributed by atoms with Crippen molar-refractivity contribution >= 4 is 23.2 Å². The van der Waals surface area contributed by atoms with E-state index in [-0.39, 0.29) is 6.04 Å². The molecule has 2 nitrogen and oxygen atoms in total. The third kappa shape index (κ3) is 2.40. The summed E-state index contributed by atoms with van der Waals surface area (Å²) in [4.78, 5) is 0. The lowest BCUT2D eigenvalue weighted by molar-refractivity contribution is 0.561. The van der Waals surface area contributed by atoms with Crippen LogP contribution in [-0.4, -0.2) is 0 Å². The van der Waals surface area contributed by atoms with Crippen molar-refractivity contribution in [1.82, 2.24) is 0 Å². The summed E-state index contributed by atoms with van der Waals surface area (Å²) in [6, 6.07) is 7.19. The van der Waals surface area contributed by atoms with Gasteiger partial charge in [0, 0.05) is 6.04 Å². The molecule has 0 aliphatic heterocycles. The highest BCUT2D eigenvalue weighted by molar-refractivity contribution is 6.42. The molecule has 0 radical (unpaired) electrons. The van der Waals surface area contributed by atoms with Gasteiger partial charge in [0.05, 0.1) is 22.6 Å². The van der Waals surface area contributed by atoms with Crippen LogP contribution in [0.15, 0.2) is 41.2 Å². The second kappa shape index (κ2) is 4.91. The molecular formula is C12H11Cl2NO. The van der Waals surface area contributed by atoms with E-state index < -0.39 is 0 Å². The van der Waals surface area contributed by atoms with Gasteiger partial charge in [0.15, 0.2) is 0 Å². The van der Waals surface area contributed by atoms with Gasteiger partial charge in [-0.15, -0.1) is 0 Å². The van der Waals surface area contributed by atoms with E-state index in [0.717, 1.165) is 11.1 Å². The Morgan fingerprint density at radius 2 is 2.06 bits per heavy atom. The minimum absolute atomic E-state index is 0.177. The van der Waals surface area contributed by atoms with Crippen LogP contribution in [0.4, 0.5) is 0 Å². The monoisotopic (exact) mass is 255 g/mol. The Morgan fingerprint density at radius 1 is 1.25 bits per heavy atom. The first-order valence-electron chi connectivity index (χ1n) is 4.89. The van der Waals surface area contributed by atoms with Crippen molar-refractivity contribution in [2.24, 2.45) is 5.73 Å². The first-order chi connectivity index (χ1) is 7.68. The van der Waals surface area contributed by atoms with Crippen LogP contribution in [0.3, 0.4) is 0 Å². The van der Waals surface area contributed by atoms with Crippen LogP contribution in [0.2, 0.25) is 10.0 Å². The maximum absolute atomic E-state index is 6.09. The number of furan rings is 1. The van der Waals surface area contributed by atoms with E-state index >= 15 is 0 Å². The first kappa shape index (κ1) is 11.5. The second-order valence-electron chi connectivity index (χ2n) is 3.59. The van der Waals surface area contributed by atoms with Gasteiger partial charge < -0.3 is 10.2 Å². The minimum Gasteiger partial charge on any atom is -0.472 e. The fraction of sp³-hybridized carbons (Fsp3) is 0.167. The molecule has 0 saturated carbocycles. The molecule has 2 N–H and O–H groups in total. The van der Waals surface area contributed by atoms with Gasteiger partial charge >= 0.3 is 0 Å². The molecule has 4 heteroatoms. The maximum Gasteiger partial charge on any atom is 0.0935 e. The highest BCUT2D eigenvalue weighted by atomic mass is 35.5. The van der Waals surface area contributed by atoms with Crippen LogP contribution in [-0.2, 0) is 6.42 Å². The number of hydrogen-bond acceptors (Lipinski definition) is 2. The van der Waals surface area contributed by atoms with Crippen molar-refractivity contribution in [3.8, 4) is 0 Å². The summed E-state index contributed by atoms with van der Waals surface area (Å²) in [5.41, 5.74) is 7.97. The predicted molar refractivity (Wildman–Crippen MR) is 65.8 cm³/mol. The van der Waals surface area contributed by atoms with E-state index in [1.807, 2.05) is 18.2 Å². The van der Waals surface area contributed by atoms with Gasteiger partial charge in [0.1, 0.15) is 0 Å². The topological polar surface area (TPSA) is 39.2 Å². The molecule has 0 fully saturated rings. The van der Waals surface area contributed by atoms with Crippen LogP contribution in [0.1, 0.15) is 17.2 Å². The second-order valence-corrected chi connectivity index (χ2v) is 4.37. The number of hydrogen-bond donors (Lipinski definition) is 1. The first-order valence-corrected chi connectivity index (χ1v) is 5.64. The van der Waals surface area contributed by atoms with Gasteiger partial charge in [-0.1, -0.05) is 35.3 Å². The van der Waals surface area contributed by atoms with Crippen LogP contribution in [0.5, 0.6) is 0 Å². The highest BCUT2D eigenvalue weighted by Gasteiger charge is 2.13. The summed E-state index contributed by atoms with van der Waals surface area (Å²) in [5, 5.41) is 1.06. The smallest absolute Gasteiger partial charge is 0.0935 e. The highest BCUT2D eigenvalue weighted by Crippen LogP contribution is 2.30. The third-order valence-electron chi connectivity index (χ3n) is 2.42. The van der Waals surface area contributed by atoms with E-state index in [1.165, 1.54) is 0 Å². The molecular weight excluding hydrogens is 245 g/mol. The Labute approximate surface area is 104 Å². The van der Waals surface area contributed by atoms with E-state index in [1.54, 1.807) is 18.6 Å². The molecule has 0 aliphatic rings. The summed E-state index contributed by atoms with van der Waals surface area (Å²) < 4.78 is 4.99. The quantitative estimate of drug-likeness (QED) is 0.906. The molecule has 84 valence electrons. The molecule has 1 unspecified atom stereocenters. The summed E-state index contributed by atoms with van der Waals surface area (Å²) in [6.07, 6.45) is 3.98. The van der Waals surface area contributed by atoms with Gasteiger partial charge in [0.2, 0.25) is 0 Å². The van der Waals surface area contributed by atoms with Crippen LogP contribution in [0, 0.1) is 0 Å². The van der Waals surface area contributed by atoms with E-state index in [9.17, 15) is 0 Å². The van der Waals surface area contributed by atoms with Crippen LogP contribution < -0.4 is 5.73 Å². The van der Waals surface area contributed by atoms with Gasteiger partial charge in [0.25, 0.3) is 0 Å². The zero-order chi connectivity index (χ0) is 11.5. The number of halogens is 2. The van der Waals surface area contributed by atoms with Crippen molar-refractivity contribution in [1.29, 1.82) is 0 Å². The molecule has 1 heterocycles. The average Bonchev–Trinajstić information content (AvgIpc) is 2.74. The Kier molecular flexibility index (Phi) is 3.54. The standard InChI is InChI=1S/C12H11Cl2NO/c13-10-3-1-2-9(12(10)14)11(15)6-8-4-5-16-7-8/h1-5,7,11H,6,15H2. The van der Waals surface area contributed by atoms with E-state index in [2.05, 4.69) is 0 Å². The molecule has 1 atom stereocenters. The third-order valence-corrected chi connectivity index (χ3v) is 3.25. The molecule has 2 aromatic rings. The lowest BCUT2D eigenvalue weighted by Gasteiger charge is -2.13. The molecule has 16 heavy (non-hydrogen) atoms. The minimum atomic E-state index is -0.177. The molecule has 0 aliphatic carbocycles. The van der Waals surface area contributed by atoms with E-state index in [0.29, 0.717) is 16.5 Å². The lowest BCUT2D eigenvalue weighted by atomic mass is 10.0. The molecule has 0 spiro atoms. The van der Waals surface area contributed by atoms with Crippen LogP contribution >= 0.6 is 23.2 Å².